The van der Waals surface area contributed by atoms with Gasteiger partial charge in [-0.3, -0.25) is 0 Å². The van der Waals surface area contributed by atoms with Crippen LogP contribution in [0.1, 0.15) is 38.2 Å². The van der Waals surface area contributed by atoms with Gasteiger partial charge in [-0.05, 0) is 24.2 Å². The molecule has 1 aliphatic heterocycles. The van der Waals surface area contributed by atoms with Crippen LogP contribution < -0.4 is 9.16 Å². The van der Waals surface area contributed by atoms with Gasteiger partial charge in [-0.1, -0.05) is 26.8 Å². The first-order valence-corrected chi connectivity index (χ1v) is 11.2. The van der Waals surface area contributed by atoms with Crippen molar-refractivity contribution in [2.75, 3.05) is 20.3 Å². The molecule has 0 unspecified atom stereocenters. The zero-order valence-electron chi connectivity index (χ0n) is 15.5. The molecule has 1 aliphatic rings. The van der Waals surface area contributed by atoms with Crippen LogP contribution in [0.5, 0.6) is 11.5 Å². The number of carbonyl (C=O) groups is 1. The SMILES string of the molecule is COc1c(CC=O)ccc(C2OCCO2)c1O[Si](C)(C)C(C)(C)C. The van der Waals surface area contributed by atoms with E-state index in [0.29, 0.717) is 24.7 Å². The number of ether oxygens (including phenoxy) is 3. The van der Waals surface area contributed by atoms with Crippen molar-refractivity contribution >= 4 is 14.6 Å². The Bertz CT molecular complexity index is 586. The van der Waals surface area contributed by atoms with E-state index in [2.05, 4.69) is 33.9 Å². The zero-order valence-corrected chi connectivity index (χ0v) is 16.5. The Morgan fingerprint density at radius 3 is 2.33 bits per heavy atom. The number of aldehydes is 1. The first-order valence-electron chi connectivity index (χ1n) is 8.27. The summed E-state index contributed by atoms with van der Waals surface area (Å²) in [5.74, 6) is 1.25. The predicted octanol–water partition coefficient (Wildman–Crippen LogP) is 3.87. The molecule has 0 N–H and O–H groups in total. The smallest absolute Gasteiger partial charge is 0.250 e. The van der Waals surface area contributed by atoms with Crippen LogP contribution in [0.3, 0.4) is 0 Å². The summed E-state index contributed by atoms with van der Waals surface area (Å²) in [6.07, 6.45) is 0.698. The van der Waals surface area contributed by atoms with Crippen LogP contribution in [0.4, 0.5) is 0 Å². The molecule has 1 saturated heterocycles. The van der Waals surface area contributed by atoms with Crippen LogP contribution in [-0.2, 0) is 20.7 Å². The lowest BCUT2D eigenvalue weighted by Gasteiger charge is -2.38. The molecule has 0 bridgehead atoms. The minimum Gasteiger partial charge on any atom is -0.541 e. The molecule has 0 aromatic heterocycles. The highest BCUT2D eigenvalue weighted by atomic mass is 28.4. The van der Waals surface area contributed by atoms with Gasteiger partial charge in [0, 0.05) is 12.0 Å². The third-order valence-corrected chi connectivity index (χ3v) is 9.10. The van der Waals surface area contributed by atoms with Gasteiger partial charge in [-0.2, -0.15) is 0 Å². The minimum atomic E-state index is -2.10. The van der Waals surface area contributed by atoms with Gasteiger partial charge < -0.3 is 23.4 Å². The summed E-state index contributed by atoms with van der Waals surface area (Å²) in [7, 11) is -0.502. The van der Waals surface area contributed by atoms with Crippen LogP contribution in [0, 0.1) is 0 Å². The van der Waals surface area contributed by atoms with Gasteiger partial charge in [0.05, 0.1) is 25.9 Å². The molecule has 1 aromatic rings. The average molecular weight is 353 g/mol. The Hall–Kier alpha value is -1.37. The van der Waals surface area contributed by atoms with Gasteiger partial charge in [0.2, 0.25) is 0 Å². The molecule has 6 heteroatoms. The maximum absolute atomic E-state index is 11.0. The maximum atomic E-state index is 11.0. The number of hydrogen-bond donors (Lipinski definition) is 0. The molecule has 5 nitrogen and oxygen atoms in total. The molecule has 2 rings (SSSR count). The molecule has 0 atom stereocenters. The van der Waals surface area contributed by atoms with Gasteiger partial charge in [0.25, 0.3) is 8.32 Å². The lowest BCUT2D eigenvalue weighted by molar-refractivity contribution is -0.107. The summed E-state index contributed by atoms with van der Waals surface area (Å²) >= 11 is 0. The number of carbonyl (C=O) groups excluding carboxylic acids is 1. The van der Waals surface area contributed by atoms with E-state index in [1.807, 2.05) is 12.1 Å². The highest BCUT2D eigenvalue weighted by Crippen LogP contribution is 2.45. The summed E-state index contributed by atoms with van der Waals surface area (Å²) in [6.45, 7) is 12.0. The van der Waals surface area contributed by atoms with Crippen LogP contribution >= 0.6 is 0 Å². The molecule has 0 amide bonds. The van der Waals surface area contributed by atoms with E-state index in [0.717, 1.165) is 17.4 Å². The van der Waals surface area contributed by atoms with Crippen LogP contribution in [-0.4, -0.2) is 34.9 Å². The molecule has 1 aromatic carbocycles. The number of methoxy groups -OCH3 is 1. The predicted molar refractivity (Wildman–Crippen MR) is 95.2 cm³/mol. The largest absolute Gasteiger partial charge is 0.541 e. The summed E-state index contributed by atoms with van der Waals surface area (Å²) in [5, 5.41) is 0.0351. The molecule has 24 heavy (non-hydrogen) atoms. The molecule has 0 radical (unpaired) electrons. The van der Waals surface area contributed by atoms with Gasteiger partial charge in [-0.15, -0.1) is 0 Å². The molecule has 1 heterocycles. The third-order valence-electron chi connectivity index (χ3n) is 4.77. The standard InChI is InChI=1S/C18H28O5Si/c1-18(2,3)24(5,6)23-16-14(17-21-11-12-22-17)8-7-13(9-10-19)15(16)20-4/h7-8,10,17H,9,11-12H2,1-6H3. The summed E-state index contributed by atoms with van der Waals surface area (Å²) < 4.78 is 23.5. The van der Waals surface area contributed by atoms with Crippen LogP contribution in [0.2, 0.25) is 18.1 Å². The fourth-order valence-electron chi connectivity index (χ4n) is 2.33. The minimum absolute atomic E-state index is 0.0351. The van der Waals surface area contributed by atoms with Crippen molar-refractivity contribution < 1.29 is 23.4 Å². The zero-order chi connectivity index (χ0) is 18.0. The Kier molecular flexibility index (Phi) is 5.73. The van der Waals surface area contributed by atoms with E-state index in [4.69, 9.17) is 18.6 Å². The van der Waals surface area contributed by atoms with Gasteiger partial charge in [0.15, 0.2) is 17.8 Å². The Morgan fingerprint density at radius 2 is 1.83 bits per heavy atom. The van der Waals surface area contributed by atoms with Crippen molar-refractivity contribution in [1.29, 1.82) is 0 Å². The number of rotatable bonds is 6. The molecule has 0 spiro atoms. The first kappa shape index (κ1) is 19.0. The second-order valence-corrected chi connectivity index (χ2v) is 12.2. The van der Waals surface area contributed by atoms with Gasteiger partial charge >= 0.3 is 0 Å². The summed E-state index contributed by atoms with van der Waals surface area (Å²) in [6, 6.07) is 3.80. The lowest BCUT2D eigenvalue weighted by Crippen LogP contribution is -2.44. The monoisotopic (exact) mass is 352 g/mol. The van der Waals surface area contributed by atoms with Crippen molar-refractivity contribution in [2.45, 2.75) is 51.6 Å². The van der Waals surface area contributed by atoms with E-state index >= 15 is 0 Å². The molecular formula is C18H28O5Si. The lowest BCUT2D eigenvalue weighted by atomic mass is 10.1. The van der Waals surface area contributed by atoms with E-state index < -0.39 is 14.6 Å². The Labute approximate surface area is 145 Å². The summed E-state index contributed by atoms with van der Waals surface area (Å²) in [5.41, 5.74) is 1.63. The average Bonchev–Trinajstić information content (AvgIpc) is 3.00. The second-order valence-electron chi connectivity index (χ2n) is 7.48. The van der Waals surface area contributed by atoms with Crippen LogP contribution in [0.15, 0.2) is 12.1 Å². The van der Waals surface area contributed by atoms with E-state index in [9.17, 15) is 4.79 Å². The van der Waals surface area contributed by atoms with E-state index in [1.165, 1.54) is 0 Å². The Morgan fingerprint density at radius 1 is 1.21 bits per heavy atom. The van der Waals surface area contributed by atoms with Crippen LogP contribution in [0.25, 0.3) is 0 Å². The molecule has 1 fully saturated rings. The highest BCUT2D eigenvalue weighted by molar-refractivity contribution is 6.74. The Balaban J connectivity index is 2.54. The quantitative estimate of drug-likeness (QED) is 0.575. The van der Waals surface area contributed by atoms with Crippen molar-refractivity contribution in [3.8, 4) is 11.5 Å². The topological polar surface area (TPSA) is 54.0 Å². The normalized spacial score (nSPS) is 16.2. The van der Waals surface area contributed by atoms with E-state index in [1.54, 1.807) is 7.11 Å². The molecule has 0 aliphatic carbocycles. The van der Waals surface area contributed by atoms with E-state index in [-0.39, 0.29) is 11.5 Å². The second kappa shape index (κ2) is 7.25. The fraction of sp³-hybridized carbons (Fsp3) is 0.611. The molecule has 134 valence electrons. The third kappa shape index (κ3) is 3.82. The highest BCUT2D eigenvalue weighted by Gasteiger charge is 2.41. The van der Waals surface area contributed by atoms with Crippen molar-refractivity contribution in [3.63, 3.8) is 0 Å². The maximum Gasteiger partial charge on any atom is 0.250 e. The first-order chi connectivity index (χ1) is 11.2. The number of benzene rings is 1. The molecule has 0 saturated carbocycles. The fourth-order valence-corrected chi connectivity index (χ4v) is 3.36. The van der Waals surface area contributed by atoms with Gasteiger partial charge in [-0.25, -0.2) is 0 Å². The van der Waals surface area contributed by atoms with Crippen molar-refractivity contribution in [2.24, 2.45) is 0 Å². The van der Waals surface area contributed by atoms with Crippen molar-refractivity contribution in [1.82, 2.24) is 0 Å². The van der Waals surface area contributed by atoms with Gasteiger partial charge in [0.1, 0.15) is 6.29 Å². The molecular weight excluding hydrogens is 324 g/mol. The number of hydrogen-bond acceptors (Lipinski definition) is 5. The summed E-state index contributed by atoms with van der Waals surface area (Å²) in [4.78, 5) is 11.0. The van der Waals surface area contributed by atoms with Crippen molar-refractivity contribution in [3.05, 3.63) is 23.3 Å².